The second-order valence-corrected chi connectivity index (χ2v) is 6.50. The van der Waals surface area contributed by atoms with E-state index < -0.39 is 11.7 Å². The molecule has 0 fully saturated rings. The molecule has 0 aliphatic rings. The molecule has 24 heavy (non-hydrogen) atoms. The zero-order chi connectivity index (χ0) is 17.9. The third-order valence-electron chi connectivity index (χ3n) is 3.03. The summed E-state index contributed by atoms with van der Waals surface area (Å²) >= 11 is 6.97. The first-order chi connectivity index (χ1) is 11.3. The lowest BCUT2D eigenvalue weighted by molar-refractivity contribution is -0.111. The largest absolute Gasteiger partial charge is 0.344 e. The van der Waals surface area contributed by atoms with Crippen molar-refractivity contribution < 1.29 is 14.0 Å². The monoisotopic (exact) mass is 367 g/mol. The lowest BCUT2D eigenvalue weighted by Gasteiger charge is -2.07. The molecule has 0 atom stereocenters. The molecule has 126 valence electrons. The molecule has 8 heteroatoms. The van der Waals surface area contributed by atoms with Crippen LogP contribution in [0.4, 0.5) is 9.52 Å². The predicted octanol–water partition coefficient (Wildman–Crippen LogP) is 3.60. The van der Waals surface area contributed by atoms with E-state index in [0.717, 1.165) is 17.4 Å². The molecule has 1 heterocycles. The average molecular weight is 368 g/mol. The maximum absolute atomic E-state index is 13.6. The van der Waals surface area contributed by atoms with Gasteiger partial charge in [0.15, 0.2) is 5.13 Å². The number of hydrogen-bond donors (Lipinski definition) is 1. The van der Waals surface area contributed by atoms with Crippen molar-refractivity contribution >= 4 is 46.0 Å². The van der Waals surface area contributed by atoms with Gasteiger partial charge in [-0.1, -0.05) is 29.0 Å². The first-order valence-electron chi connectivity index (χ1n) is 6.91. The van der Waals surface area contributed by atoms with E-state index in [1.807, 2.05) is 0 Å². The summed E-state index contributed by atoms with van der Waals surface area (Å²) in [6.07, 6.45) is 2.45. The van der Waals surface area contributed by atoms with Crippen LogP contribution in [0, 0.1) is 12.7 Å². The van der Waals surface area contributed by atoms with Crippen LogP contribution in [0.25, 0.3) is 6.08 Å². The van der Waals surface area contributed by atoms with Crippen molar-refractivity contribution in [2.24, 2.45) is 0 Å². The van der Waals surface area contributed by atoms with Gasteiger partial charge in [0, 0.05) is 25.7 Å². The molecule has 2 rings (SSSR count). The quantitative estimate of drug-likeness (QED) is 0.840. The Balaban J connectivity index is 2.12. The zero-order valence-electron chi connectivity index (χ0n) is 13.3. The number of aryl methyl sites for hydroxylation is 1. The minimum Gasteiger partial charge on any atom is -0.344 e. The molecule has 0 unspecified atom stereocenters. The highest BCUT2D eigenvalue weighted by Crippen LogP contribution is 2.24. The Kier molecular flexibility index (Phi) is 5.69. The fourth-order valence-corrected chi connectivity index (χ4v) is 3.04. The van der Waals surface area contributed by atoms with Crippen molar-refractivity contribution in [1.82, 2.24) is 9.88 Å². The SMILES string of the molecule is Cc1nc(NC(=O)/C=C/c2c(F)cccc2Cl)sc1C(=O)N(C)C. The van der Waals surface area contributed by atoms with Crippen LogP contribution in [-0.4, -0.2) is 35.8 Å². The van der Waals surface area contributed by atoms with Crippen molar-refractivity contribution in [3.63, 3.8) is 0 Å². The van der Waals surface area contributed by atoms with Gasteiger partial charge in [-0.3, -0.25) is 14.9 Å². The molecule has 2 aromatic rings. The van der Waals surface area contributed by atoms with Crippen LogP contribution in [0.3, 0.4) is 0 Å². The molecule has 0 saturated carbocycles. The van der Waals surface area contributed by atoms with Crippen LogP contribution >= 0.6 is 22.9 Å². The van der Waals surface area contributed by atoms with E-state index in [0.29, 0.717) is 15.7 Å². The van der Waals surface area contributed by atoms with Crippen LogP contribution in [0.1, 0.15) is 20.9 Å². The second-order valence-electron chi connectivity index (χ2n) is 5.09. The van der Waals surface area contributed by atoms with Gasteiger partial charge in [-0.25, -0.2) is 9.37 Å². The number of thiazole rings is 1. The fourth-order valence-electron chi connectivity index (χ4n) is 1.83. The molecule has 2 amide bonds. The minimum atomic E-state index is -0.518. The lowest BCUT2D eigenvalue weighted by atomic mass is 10.2. The summed E-state index contributed by atoms with van der Waals surface area (Å²) in [5.41, 5.74) is 0.670. The summed E-state index contributed by atoms with van der Waals surface area (Å²) in [6.45, 7) is 1.69. The maximum Gasteiger partial charge on any atom is 0.265 e. The molecule has 1 N–H and O–H groups in total. The Morgan fingerprint density at radius 1 is 1.38 bits per heavy atom. The Bertz CT molecular complexity index is 797. The van der Waals surface area contributed by atoms with Gasteiger partial charge in [0.25, 0.3) is 5.91 Å². The predicted molar refractivity (Wildman–Crippen MR) is 93.9 cm³/mol. The molecular formula is C16H15ClFN3O2S. The summed E-state index contributed by atoms with van der Waals surface area (Å²) in [6, 6.07) is 4.27. The molecule has 1 aromatic heterocycles. The Morgan fingerprint density at radius 2 is 2.08 bits per heavy atom. The second kappa shape index (κ2) is 7.55. The lowest BCUT2D eigenvalue weighted by Crippen LogP contribution is -2.21. The van der Waals surface area contributed by atoms with Crippen molar-refractivity contribution in [2.75, 3.05) is 19.4 Å². The molecule has 0 spiro atoms. The number of rotatable bonds is 4. The van der Waals surface area contributed by atoms with Crippen LogP contribution < -0.4 is 5.32 Å². The van der Waals surface area contributed by atoms with E-state index in [1.165, 1.54) is 29.2 Å². The Morgan fingerprint density at radius 3 is 2.71 bits per heavy atom. The Labute approximate surface area is 147 Å². The normalized spacial score (nSPS) is 10.9. The van der Waals surface area contributed by atoms with Crippen molar-refractivity contribution in [1.29, 1.82) is 0 Å². The highest BCUT2D eigenvalue weighted by Gasteiger charge is 2.17. The summed E-state index contributed by atoms with van der Waals surface area (Å²) < 4.78 is 13.6. The van der Waals surface area contributed by atoms with Gasteiger partial charge in [-0.05, 0) is 25.1 Å². The van der Waals surface area contributed by atoms with Gasteiger partial charge in [0.05, 0.1) is 10.7 Å². The van der Waals surface area contributed by atoms with Gasteiger partial charge < -0.3 is 4.90 Å². The van der Waals surface area contributed by atoms with E-state index in [9.17, 15) is 14.0 Å². The van der Waals surface area contributed by atoms with E-state index in [4.69, 9.17) is 11.6 Å². The number of aromatic nitrogens is 1. The molecule has 1 aromatic carbocycles. The molecule has 0 aliphatic heterocycles. The summed E-state index contributed by atoms with van der Waals surface area (Å²) in [5, 5.41) is 3.06. The van der Waals surface area contributed by atoms with Crippen molar-refractivity contribution in [3.05, 3.63) is 51.2 Å². The van der Waals surface area contributed by atoms with Gasteiger partial charge >= 0.3 is 0 Å². The fraction of sp³-hybridized carbons (Fsp3) is 0.188. The summed E-state index contributed by atoms with van der Waals surface area (Å²) in [4.78, 5) is 29.9. The Hall–Kier alpha value is -2.25. The molecule has 0 aliphatic carbocycles. The zero-order valence-corrected chi connectivity index (χ0v) is 14.8. The highest BCUT2D eigenvalue weighted by molar-refractivity contribution is 7.17. The number of halogens is 2. The third kappa shape index (κ3) is 4.18. The highest BCUT2D eigenvalue weighted by atomic mass is 35.5. The smallest absolute Gasteiger partial charge is 0.265 e. The van der Waals surface area contributed by atoms with Crippen LogP contribution in [0.15, 0.2) is 24.3 Å². The van der Waals surface area contributed by atoms with E-state index >= 15 is 0 Å². The first kappa shape index (κ1) is 18.1. The first-order valence-corrected chi connectivity index (χ1v) is 8.11. The summed E-state index contributed by atoms with van der Waals surface area (Å²) in [5.74, 6) is -1.19. The maximum atomic E-state index is 13.6. The number of benzene rings is 1. The number of carbonyl (C=O) groups excluding carboxylic acids is 2. The van der Waals surface area contributed by atoms with Gasteiger partial charge in [-0.15, -0.1) is 0 Å². The van der Waals surface area contributed by atoms with Crippen LogP contribution in [-0.2, 0) is 4.79 Å². The molecule has 0 radical (unpaired) electrons. The molecular weight excluding hydrogens is 353 g/mol. The van der Waals surface area contributed by atoms with E-state index in [1.54, 1.807) is 21.0 Å². The molecule has 0 saturated heterocycles. The molecule has 0 bridgehead atoms. The third-order valence-corrected chi connectivity index (χ3v) is 4.42. The standard InChI is InChI=1S/C16H15ClFN3O2S/c1-9-14(15(23)21(2)3)24-16(19-9)20-13(22)8-7-10-11(17)5-4-6-12(10)18/h4-8H,1-3H3,(H,19,20,22)/b8-7+. The van der Waals surface area contributed by atoms with E-state index in [-0.39, 0.29) is 16.5 Å². The number of carbonyl (C=O) groups is 2. The van der Waals surface area contributed by atoms with Crippen molar-refractivity contribution in [3.8, 4) is 0 Å². The summed E-state index contributed by atoms with van der Waals surface area (Å²) in [7, 11) is 3.28. The van der Waals surface area contributed by atoms with Gasteiger partial charge in [0.1, 0.15) is 10.7 Å². The average Bonchev–Trinajstić information content (AvgIpc) is 2.86. The number of nitrogens with one attached hydrogen (secondary N) is 1. The van der Waals surface area contributed by atoms with Gasteiger partial charge in [-0.2, -0.15) is 0 Å². The minimum absolute atomic E-state index is 0.133. The van der Waals surface area contributed by atoms with Crippen LogP contribution in [0.5, 0.6) is 0 Å². The van der Waals surface area contributed by atoms with Crippen molar-refractivity contribution in [2.45, 2.75) is 6.92 Å². The number of nitrogens with zero attached hydrogens (tertiary/aromatic N) is 2. The van der Waals surface area contributed by atoms with Gasteiger partial charge in [0.2, 0.25) is 5.91 Å². The molecule has 5 nitrogen and oxygen atoms in total. The topological polar surface area (TPSA) is 62.3 Å². The van der Waals surface area contributed by atoms with E-state index in [2.05, 4.69) is 10.3 Å². The number of amides is 2. The van der Waals surface area contributed by atoms with Crippen LogP contribution in [0.2, 0.25) is 5.02 Å². The number of hydrogen-bond acceptors (Lipinski definition) is 4. The number of anilines is 1.